The highest BCUT2D eigenvalue weighted by molar-refractivity contribution is 5.91. The van der Waals surface area contributed by atoms with Crippen LogP contribution in [0, 0.1) is 0 Å². The Kier molecular flexibility index (Phi) is 13.4. The third-order valence-electron chi connectivity index (χ3n) is 14.9. The summed E-state index contributed by atoms with van der Waals surface area (Å²) in [7, 11) is 0. The van der Waals surface area contributed by atoms with Gasteiger partial charge in [-0.15, -0.1) is 0 Å². The number of ether oxygens (including phenoxy) is 2. The fraction of sp³-hybridized carbons (Fsp3) is 0.130. The number of aliphatic hydroxyl groups is 2. The minimum absolute atomic E-state index is 0.0417. The number of hydrogen-bond acceptors (Lipinski definition) is 4. The zero-order valence-corrected chi connectivity index (χ0v) is 41.3. The molecule has 0 amide bonds. The van der Waals surface area contributed by atoms with E-state index in [1.165, 1.54) is 33.4 Å². The summed E-state index contributed by atoms with van der Waals surface area (Å²) in [5.74, 6) is 1.63. The van der Waals surface area contributed by atoms with Crippen LogP contribution in [0.1, 0.15) is 70.2 Å². The van der Waals surface area contributed by atoms with E-state index in [4.69, 9.17) is 9.47 Å². The maximum atomic E-state index is 9.82. The van der Waals surface area contributed by atoms with Gasteiger partial charge in [-0.3, -0.25) is 0 Å². The van der Waals surface area contributed by atoms with Crippen molar-refractivity contribution in [3.05, 3.63) is 287 Å². The highest BCUT2D eigenvalue weighted by Gasteiger charge is 2.47. The van der Waals surface area contributed by atoms with Crippen LogP contribution in [0.25, 0.3) is 55.6 Å². The molecule has 0 heterocycles. The van der Waals surface area contributed by atoms with Crippen LogP contribution in [0.2, 0.25) is 0 Å². The fourth-order valence-electron chi connectivity index (χ4n) is 11.1. The lowest BCUT2D eigenvalue weighted by molar-refractivity contribution is 0.200. The quantitative estimate of drug-likeness (QED) is 0.101. The van der Waals surface area contributed by atoms with Crippen molar-refractivity contribution in [2.45, 2.75) is 31.1 Å². The van der Waals surface area contributed by atoms with Gasteiger partial charge in [0.25, 0.3) is 0 Å². The molecule has 0 fully saturated rings. The molecule has 0 spiro atoms. The summed E-state index contributed by atoms with van der Waals surface area (Å²) in [6, 6.07) is 87.9. The first kappa shape index (κ1) is 47.1. The Labute approximate surface area is 429 Å². The molecule has 4 nitrogen and oxygen atoms in total. The smallest absolute Gasteiger partial charge is 0.123 e. The fourth-order valence-corrected chi connectivity index (χ4v) is 11.1. The Balaban J connectivity index is 1.16. The molecule has 0 bridgehead atoms. The highest BCUT2D eigenvalue weighted by Crippen LogP contribution is 2.58. The van der Waals surface area contributed by atoms with Gasteiger partial charge in [0.05, 0.1) is 18.6 Å². The lowest BCUT2D eigenvalue weighted by atomic mass is 9.66. The summed E-state index contributed by atoms with van der Waals surface area (Å²) in [6.07, 6.45) is 0. The van der Waals surface area contributed by atoms with Crippen LogP contribution in [0.15, 0.2) is 243 Å². The summed E-state index contributed by atoms with van der Waals surface area (Å²) >= 11 is 0. The van der Waals surface area contributed by atoms with Crippen molar-refractivity contribution >= 4 is 0 Å². The number of rotatable bonds is 16. The monoisotopic (exact) mass is 950 g/mol. The molecule has 0 radical (unpaired) electrons. The van der Waals surface area contributed by atoms with Gasteiger partial charge in [0, 0.05) is 23.0 Å². The van der Waals surface area contributed by atoms with Crippen LogP contribution in [0.3, 0.4) is 0 Å². The van der Waals surface area contributed by atoms with E-state index in [0.717, 1.165) is 78.3 Å². The van der Waals surface area contributed by atoms with E-state index in [1.54, 1.807) is 0 Å². The third kappa shape index (κ3) is 9.06. The van der Waals surface area contributed by atoms with Crippen LogP contribution >= 0.6 is 0 Å². The third-order valence-corrected chi connectivity index (χ3v) is 14.9. The predicted octanol–water partition coefficient (Wildman–Crippen LogP) is 15.8. The maximum absolute atomic E-state index is 9.82. The average Bonchev–Trinajstić information content (AvgIpc) is 3.77. The second-order valence-electron chi connectivity index (χ2n) is 19.1. The van der Waals surface area contributed by atoms with Crippen LogP contribution < -0.4 is 9.47 Å². The Morgan fingerprint density at radius 1 is 0.342 bits per heavy atom. The molecule has 2 atom stereocenters. The van der Waals surface area contributed by atoms with Crippen LogP contribution in [-0.4, -0.2) is 36.6 Å². The van der Waals surface area contributed by atoms with Gasteiger partial charge in [-0.2, -0.15) is 0 Å². The topological polar surface area (TPSA) is 58.9 Å². The standard InChI is InChI=1S/C69H58O4/c1-47(49-17-7-3-8-18-49)63-43-55(31-35-67(63)72-39-37-70)53-25-15-27-59(41-53)69(60-28-16-26-54(42-60)56-32-36-68(73-40-38-71)64(44-56)48(2)50-19-9-4-10-20-50)65-45-57(51-21-11-5-12-22-51)29-33-61(65)62-34-30-58(46-66(62)69)52-23-13-6-14-24-52/h3-36,41-48,70-71H,37-40H2,1-2H3. The lowest BCUT2D eigenvalue weighted by Crippen LogP contribution is -2.29. The molecule has 0 aromatic heterocycles. The van der Waals surface area contributed by atoms with Crippen molar-refractivity contribution < 1.29 is 19.7 Å². The zero-order chi connectivity index (χ0) is 49.7. The van der Waals surface area contributed by atoms with Crippen LogP contribution in [-0.2, 0) is 5.41 Å². The summed E-state index contributed by atoms with van der Waals surface area (Å²) in [5.41, 5.74) is 19.9. The molecule has 73 heavy (non-hydrogen) atoms. The number of aliphatic hydroxyl groups excluding tert-OH is 2. The molecule has 11 rings (SSSR count). The van der Waals surface area contributed by atoms with E-state index in [1.807, 2.05) is 12.1 Å². The summed E-state index contributed by atoms with van der Waals surface area (Å²) in [5, 5.41) is 19.6. The lowest BCUT2D eigenvalue weighted by Gasteiger charge is -2.35. The molecule has 1 aliphatic rings. The largest absolute Gasteiger partial charge is 0.491 e. The summed E-state index contributed by atoms with van der Waals surface area (Å²) in [6.45, 7) is 4.75. The minimum Gasteiger partial charge on any atom is -0.491 e. The Bertz CT molecular complexity index is 3280. The molecule has 4 heteroatoms. The molecular weight excluding hydrogens is 893 g/mol. The van der Waals surface area contributed by atoms with E-state index in [2.05, 4.69) is 244 Å². The highest BCUT2D eigenvalue weighted by atomic mass is 16.5. The van der Waals surface area contributed by atoms with Crippen molar-refractivity contribution in [2.24, 2.45) is 0 Å². The Morgan fingerprint density at radius 2 is 0.685 bits per heavy atom. The van der Waals surface area contributed by atoms with Gasteiger partial charge in [-0.1, -0.05) is 208 Å². The first-order valence-corrected chi connectivity index (χ1v) is 25.4. The molecule has 0 saturated carbocycles. The number of benzene rings is 10. The van der Waals surface area contributed by atoms with E-state index < -0.39 is 5.41 Å². The van der Waals surface area contributed by atoms with Gasteiger partial charge in [-0.25, -0.2) is 0 Å². The van der Waals surface area contributed by atoms with Crippen molar-refractivity contribution in [3.8, 4) is 67.1 Å². The summed E-state index contributed by atoms with van der Waals surface area (Å²) < 4.78 is 12.4. The molecule has 358 valence electrons. The Morgan fingerprint density at radius 3 is 1.08 bits per heavy atom. The van der Waals surface area contributed by atoms with E-state index in [9.17, 15) is 10.2 Å². The van der Waals surface area contributed by atoms with Gasteiger partial charge >= 0.3 is 0 Å². The molecule has 1 aliphatic carbocycles. The molecular formula is C69H58O4. The van der Waals surface area contributed by atoms with Gasteiger partial charge < -0.3 is 19.7 Å². The van der Waals surface area contributed by atoms with Crippen molar-refractivity contribution in [2.75, 3.05) is 26.4 Å². The van der Waals surface area contributed by atoms with Crippen molar-refractivity contribution in [1.29, 1.82) is 0 Å². The normalized spacial score (nSPS) is 13.2. The molecule has 10 aromatic carbocycles. The van der Waals surface area contributed by atoms with Crippen molar-refractivity contribution in [1.82, 2.24) is 0 Å². The van der Waals surface area contributed by atoms with Gasteiger partial charge in [0.1, 0.15) is 24.7 Å². The number of fused-ring (bicyclic) bond motifs is 3. The van der Waals surface area contributed by atoms with Gasteiger partial charge in [0.2, 0.25) is 0 Å². The molecule has 0 aliphatic heterocycles. The molecule has 10 aromatic rings. The van der Waals surface area contributed by atoms with E-state index >= 15 is 0 Å². The summed E-state index contributed by atoms with van der Waals surface area (Å²) in [4.78, 5) is 0. The second-order valence-corrected chi connectivity index (χ2v) is 19.1. The van der Waals surface area contributed by atoms with Crippen LogP contribution in [0.5, 0.6) is 11.5 Å². The molecule has 0 saturated heterocycles. The second kappa shape index (κ2) is 20.8. The maximum Gasteiger partial charge on any atom is 0.123 e. The van der Waals surface area contributed by atoms with Crippen molar-refractivity contribution in [3.63, 3.8) is 0 Å². The molecule has 2 unspecified atom stereocenters. The average molecular weight is 951 g/mol. The molecule has 2 N–H and O–H groups in total. The first-order valence-electron chi connectivity index (χ1n) is 25.4. The van der Waals surface area contributed by atoms with E-state index in [0.29, 0.717) is 0 Å². The predicted molar refractivity (Wildman–Crippen MR) is 299 cm³/mol. The minimum atomic E-state index is -0.777. The number of hydrogen-bond donors (Lipinski definition) is 2. The van der Waals surface area contributed by atoms with E-state index in [-0.39, 0.29) is 38.3 Å². The zero-order valence-electron chi connectivity index (χ0n) is 41.3. The van der Waals surface area contributed by atoms with Gasteiger partial charge in [0.15, 0.2) is 0 Å². The SMILES string of the molecule is CC(c1ccccc1)c1cc(-c2cccc(C3(c4cccc(-c5ccc(OCCO)c(C(C)c6ccccc6)c5)c4)c4cc(-c5ccccc5)ccc4-c4ccc(-c5ccccc5)cc43)c2)ccc1OCCO. The van der Waals surface area contributed by atoms with Gasteiger partial charge in [-0.05, 0) is 138 Å². The first-order chi connectivity index (χ1) is 35.9. The van der Waals surface area contributed by atoms with Crippen LogP contribution in [0.4, 0.5) is 0 Å². The Hall–Kier alpha value is -8.28.